The lowest BCUT2D eigenvalue weighted by molar-refractivity contribution is -0.140. The van der Waals surface area contributed by atoms with Gasteiger partial charge in [-0.1, -0.05) is 38.1 Å². The zero-order chi connectivity index (χ0) is 16.1. The Kier molecular flexibility index (Phi) is 5.39. The highest BCUT2D eigenvalue weighted by Crippen LogP contribution is 2.26. The second-order valence-corrected chi connectivity index (χ2v) is 5.91. The first-order valence-corrected chi connectivity index (χ1v) is 7.53. The maximum Gasteiger partial charge on any atom is 0.320 e. The summed E-state index contributed by atoms with van der Waals surface area (Å²) < 4.78 is 5.44. The fourth-order valence-corrected chi connectivity index (χ4v) is 2.57. The van der Waals surface area contributed by atoms with E-state index in [1.807, 2.05) is 44.2 Å². The third kappa shape index (κ3) is 3.98. The van der Waals surface area contributed by atoms with Gasteiger partial charge in [-0.15, -0.1) is 0 Å². The molecule has 4 heteroatoms. The molecule has 2 rings (SSSR count). The van der Waals surface area contributed by atoms with Crippen LogP contribution in [0.15, 0.2) is 36.4 Å². The topological polar surface area (TPSA) is 58.6 Å². The van der Waals surface area contributed by atoms with Crippen LogP contribution in [-0.4, -0.2) is 24.2 Å². The first-order chi connectivity index (χ1) is 10.5. The summed E-state index contributed by atoms with van der Waals surface area (Å²) in [7, 11) is 1.64. The Hall–Kier alpha value is -2.07. The van der Waals surface area contributed by atoms with Gasteiger partial charge in [0.25, 0.3) is 0 Å². The lowest BCUT2D eigenvalue weighted by Gasteiger charge is -2.18. The smallest absolute Gasteiger partial charge is 0.320 e. The van der Waals surface area contributed by atoms with E-state index >= 15 is 0 Å². The number of carboxylic acids is 1. The average molecular weight is 301 g/mol. The van der Waals surface area contributed by atoms with Gasteiger partial charge in [0.05, 0.1) is 7.11 Å². The molecule has 0 saturated carbocycles. The van der Waals surface area contributed by atoms with E-state index in [4.69, 9.17) is 4.74 Å². The maximum atomic E-state index is 11.3. The summed E-state index contributed by atoms with van der Waals surface area (Å²) in [5.41, 5.74) is 0.969. The van der Waals surface area contributed by atoms with Gasteiger partial charge >= 0.3 is 5.97 Å². The highest BCUT2D eigenvalue weighted by molar-refractivity contribution is 5.85. The molecular formula is C18H23NO3. The van der Waals surface area contributed by atoms with Crippen molar-refractivity contribution in [3.05, 3.63) is 42.0 Å². The zero-order valence-corrected chi connectivity index (χ0v) is 13.3. The van der Waals surface area contributed by atoms with Crippen molar-refractivity contribution in [3.8, 4) is 5.75 Å². The quantitative estimate of drug-likeness (QED) is 0.822. The van der Waals surface area contributed by atoms with E-state index < -0.39 is 12.0 Å². The normalized spacial score (nSPS) is 12.5. The predicted octanol–water partition coefficient (Wildman–Crippen LogP) is 3.44. The van der Waals surface area contributed by atoms with Gasteiger partial charge < -0.3 is 15.2 Å². The van der Waals surface area contributed by atoms with Crippen molar-refractivity contribution in [2.45, 2.75) is 32.9 Å². The van der Waals surface area contributed by atoms with Gasteiger partial charge in [0.1, 0.15) is 11.8 Å². The summed E-state index contributed by atoms with van der Waals surface area (Å²) in [6, 6.07) is 11.6. The maximum absolute atomic E-state index is 11.3. The molecule has 2 aromatic rings. The molecule has 0 bridgehead atoms. The zero-order valence-electron chi connectivity index (χ0n) is 13.3. The van der Waals surface area contributed by atoms with Crippen molar-refractivity contribution in [1.29, 1.82) is 0 Å². The van der Waals surface area contributed by atoms with E-state index in [9.17, 15) is 9.90 Å². The number of hydrogen-bond acceptors (Lipinski definition) is 3. The van der Waals surface area contributed by atoms with E-state index in [-0.39, 0.29) is 0 Å². The van der Waals surface area contributed by atoms with E-state index in [0.29, 0.717) is 18.9 Å². The molecule has 0 spiro atoms. The van der Waals surface area contributed by atoms with Gasteiger partial charge in [0, 0.05) is 12.1 Å². The molecule has 0 saturated heterocycles. The molecule has 4 nitrogen and oxygen atoms in total. The molecule has 0 aromatic heterocycles. The lowest BCUT2D eigenvalue weighted by atomic mass is 10.0. The number of nitrogens with one attached hydrogen (secondary N) is 1. The Morgan fingerprint density at radius 1 is 1.23 bits per heavy atom. The molecule has 0 aliphatic carbocycles. The number of rotatable bonds is 7. The predicted molar refractivity (Wildman–Crippen MR) is 88.2 cm³/mol. The second-order valence-electron chi connectivity index (χ2n) is 5.91. The van der Waals surface area contributed by atoms with Crippen LogP contribution in [0.2, 0.25) is 0 Å². The first-order valence-electron chi connectivity index (χ1n) is 7.53. The van der Waals surface area contributed by atoms with Crippen LogP contribution >= 0.6 is 0 Å². The number of hydrogen-bond donors (Lipinski definition) is 2. The highest BCUT2D eigenvalue weighted by atomic mass is 16.5. The number of methoxy groups -OCH3 is 1. The van der Waals surface area contributed by atoms with Gasteiger partial charge in [-0.05, 0) is 35.2 Å². The van der Waals surface area contributed by atoms with Crippen LogP contribution in [0.3, 0.4) is 0 Å². The SMILES string of the molecule is COc1cc2ccccc2cc1CN[C@@H](CC(C)C)C(=O)O. The number of aliphatic carboxylic acids is 1. The molecule has 0 aliphatic rings. The number of carboxylic acid groups (broad SMARTS) is 1. The van der Waals surface area contributed by atoms with E-state index in [0.717, 1.165) is 22.1 Å². The Balaban J connectivity index is 2.20. The van der Waals surface area contributed by atoms with E-state index in [1.54, 1.807) is 7.11 Å². The number of fused-ring (bicyclic) bond motifs is 1. The fourth-order valence-electron chi connectivity index (χ4n) is 2.57. The Labute approximate surface area is 131 Å². The van der Waals surface area contributed by atoms with Crippen molar-refractivity contribution in [3.63, 3.8) is 0 Å². The van der Waals surface area contributed by atoms with Crippen molar-refractivity contribution in [2.75, 3.05) is 7.11 Å². The average Bonchev–Trinajstić information content (AvgIpc) is 2.49. The molecular weight excluding hydrogens is 278 g/mol. The van der Waals surface area contributed by atoms with Gasteiger partial charge in [-0.3, -0.25) is 4.79 Å². The minimum absolute atomic E-state index is 0.326. The molecule has 2 N–H and O–H groups in total. The molecule has 0 heterocycles. The molecule has 22 heavy (non-hydrogen) atoms. The third-order valence-corrected chi connectivity index (χ3v) is 3.69. The number of benzene rings is 2. The molecule has 0 unspecified atom stereocenters. The molecule has 0 amide bonds. The van der Waals surface area contributed by atoms with Gasteiger partial charge in [-0.25, -0.2) is 0 Å². The highest BCUT2D eigenvalue weighted by Gasteiger charge is 2.18. The van der Waals surface area contributed by atoms with Crippen LogP contribution in [0, 0.1) is 5.92 Å². The lowest BCUT2D eigenvalue weighted by Crippen LogP contribution is -2.37. The molecule has 1 atom stereocenters. The van der Waals surface area contributed by atoms with Crippen molar-refractivity contribution >= 4 is 16.7 Å². The van der Waals surface area contributed by atoms with Crippen LogP contribution in [0.1, 0.15) is 25.8 Å². The van der Waals surface area contributed by atoms with Crippen LogP contribution in [0.5, 0.6) is 5.75 Å². The molecule has 0 fully saturated rings. The summed E-state index contributed by atoms with van der Waals surface area (Å²) in [6.07, 6.45) is 0.602. The van der Waals surface area contributed by atoms with Crippen molar-refractivity contribution in [1.82, 2.24) is 5.32 Å². The monoisotopic (exact) mass is 301 g/mol. The number of carbonyl (C=O) groups is 1. The first kappa shape index (κ1) is 16.3. The molecule has 118 valence electrons. The van der Waals surface area contributed by atoms with Crippen LogP contribution in [0.25, 0.3) is 10.8 Å². The summed E-state index contributed by atoms with van der Waals surface area (Å²) in [4.78, 5) is 11.3. The van der Waals surface area contributed by atoms with E-state index in [2.05, 4.69) is 11.4 Å². The van der Waals surface area contributed by atoms with Crippen LogP contribution in [0.4, 0.5) is 0 Å². The minimum Gasteiger partial charge on any atom is -0.496 e. The summed E-state index contributed by atoms with van der Waals surface area (Å²) in [5, 5.41) is 14.7. The standard InChI is InChI=1S/C18H23NO3/c1-12(2)8-16(18(20)21)19-11-15-9-13-6-4-5-7-14(13)10-17(15)22-3/h4-7,9-10,12,16,19H,8,11H2,1-3H3,(H,20,21)/t16-/m0/s1. The Bertz CT molecular complexity index is 652. The minimum atomic E-state index is -0.812. The van der Waals surface area contributed by atoms with E-state index in [1.165, 1.54) is 0 Å². The molecule has 0 radical (unpaired) electrons. The third-order valence-electron chi connectivity index (χ3n) is 3.69. The largest absolute Gasteiger partial charge is 0.496 e. The van der Waals surface area contributed by atoms with Gasteiger partial charge in [-0.2, -0.15) is 0 Å². The summed E-state index contributed by atoms with van der Waals surface area (Å²) >= 11 is 0. The fraction of sp³-hybridized carbons (Fsp3) is 0.389. The molecule has 0 aliphatic heterocycles. The molecule has 2 aromatic carbocycles. The van der Waals surface area contributed by atoms with Crippen molar-refractivity contribution < 1.29 is 14.6 Å². The summed E-state index contributed by atoms with van der Waals surface area (Å²) in [5.74, 6) is 0.292. The van der Waals surface area contributed by atoms with Crippen LogP contribution in [-0.2, 0) is 11.3 Å². The second kappa shape index (κ2) is 7.27. The van der Waals surface area contributed by atoms with Crippen molar-refractivity contribution in [2.24, 2.45) is 5.92 Å². The number of ether oxygens (including phenoxy) is 1. The Morgan fingerprint density at radius 3 is 2.41 bits per heavy atom. The van der Waals surface area contributed by atoms with Gasteiger partial charge in [0.15, 0.2) is 0 Å². The summed E-state index contributed by atoms with van der Waals surface area (Å²) in [6.45, 7) is 4.51. The van der Waals surface area contributed by atoms with Crippen LogP contribution < -0.4 is 10.1 Å². The Morgan fingerprint density at radius 2 is 1.86 bits per heavy atom. The van der Waals surface area contributed by atoms with Gasteiger partial charge in [0.2, 0.25) is 0 Å².